The Kier molecular flexibility index (Phi) is 11.9. The lowest BCUT2D eigenvalue weighted by atomic mass is 10.4. The zero-order valence-corrected chi connectivity index (χ0v) is 13.8. The van der Waals surface area contributed by atoms with Gasteiger partial charge in [0.2, 0.25) is 0 Å². The van der Waals surface area contributed by atoms with Crippen LogP contribution in [-0.2, 0) is 4.74 Å². The standard InChI is InChI=1S/C14H29F3N4O/c1-4-5-10-22-11-6-7-19-13(18-2)20-8-9-21(3)12-14(15,16)17/h4-12H2,1-3H3,(H2,18,19,20). The largest absolute Gasteiger partial charge is 0.401 e. The predicted molar refractivity (Wildman–Crippen MR) is 83.3 cm³/mol. The molecule has 2 N–H and O–H groups in total. The zero-order chi connectivity index (χ0) is 16.8. The summed E-state index contributed by atoms with van der Waals surface area (Å²) in [5.41, 5.74) is 0. The fourth-order valence-electron chi connectivity index (χ4n) is 1.70. The fourth-order valence-corrected chi connectivity index (χ4v) is 1.70. The van der Waals surface area contributed by atoms with Crippen LogP contribution in [0.25, 0.3) is 0 Å². The summed E-state index contributed by atoms with van der Waals surface area (Å²) in [6.07, 6.45) is -1.11. The van der Waals surface area contributed by atoms with Crippen LogP contribution in [-0.4, -0.2) is 70.5 Å². The Morgan fingerprint density at radius 1 is 1.14 bits per heavy atom. The molecule has 0 aromatic heterocycles. The minimum absolute atomic E-state index is 0.292. The fraction of sp³-hybridized carbons (Fsp3) is 0.929. The number of guanidine groups is 1. The van der Waals surface area contributed by atoms with Crippen molar-refractivity contribution in [1.29, 1.82) is 0 Å². The number of halogens is 3. The smallest absolute Gasteiger partial charge is 0.381 e. The SMILES string of the molecule is CCCCOCCCNC(=NC)NCCN(C)CC(F)(F)F. The first-order valence-corrected chi connectivity index (χ1v) is 7.66. The monoisotopic (exact) mass is 326 g/mol. The van der Waals surface area contributed by atoms with Gasteiger partial charge in [0.15, 0.2) is 5.96 Å². The van der Waals surface area contributed by atoms with E-state index in [9.17, 15) is 13.2 Å². The zero-order valence-electron chi connectivity index (χ0n) is 13.8. The molecule has 0 spiro atoms. The van der Waals surface area contributed by atoms with Crippen molar-refractivity contribution in [2.24, 2.45) is 4.99 Å². The number of unbranched alkanes of at least 4 members (excludes halogenated alkanes) is 1. The minimum atomic E-state index is -4.16. The van der Waals surface area contributed by atoms with Crippen molar-refractivity contribution in [1.82, 2.24) is 15.5 Å². The van der Waals surface area contributed by atoms with Crippen LogP contribution in [0, 0.1) is 0 Å². The summed E-state index contributed by atoms with van der Waals surface area (Å²) in [7, 11) is 3.07. The van der Waals surface area contributed by atoms with Crippen molar-refractivity contribution < 1.29 is 17.9 Å². The number of nitrogens with one attached hydrogen (secondary N) is 2. The highest BCUT2D eigenvalue weighted by molar-refractivity contribution is 5.79. The van der Waals surface area contributed by atoms with E-state index >= 15 is 0 Å². The van der Waals surface area contributed by atoms with E-state index in [1.54, 1.807) is 7.05 Å². The quantitative estimate of drug-likeness (QED) is 0.346. The van der Waals surface area contributed by atoms with E-state index in [1.807, 2.05) is 0 Å². The Labute approximate surface area is 131 Å². The Morgan fingerprint density at radius 3 is 2.36 bits per heavy atom. The molecule has 0 saturated carbocycles. The molecule has 8 heteroatoms. The second-order valence-electron chi connectivity index (χ2n) is 5.10. The maximum absolute atomic E-state index is 12.2. The number of likely N-dealkylation sites (N-methyl/N-ethyl adjacent to an activating group) is 1. The molecule has 5 nitrogen and oxygen atoms in total. The number of aliphatic imine (C=N–C) groups is 1. The lowest BCUT2D eigenvalue weighted by molar-refractivity contribution is -0.142. The first kappa shape index (κ1) is 21.0. The van der Waals surface area contributed by atoms with Gasteiger partial charge >= 0.3 is 6.18 Å². The van der Waals surface area contributed by atoms with Crippen molar-refractivity contribution in [2.45, 2.75) is 32.4 Å². The summed E-state index contributed by atoms with van der Waals surface area (Å²) in [6, 6.07) is 0. The van der Waals surface area contributed by atoms with Crippen LogP contribution >= 0.6 is 0 Å². The Bertz CT molecular complexity index is 298. The average molecular weight is 326 g/mol. The molecule has 132 valence electrons. The molecule has 0 aromatic carbocycles. The first-order chi connectivity index (χ1) is 10.4. The molecule has 0 unspecified atom stereocenters. The summed E-state index contributed by atoms with van der Waals surface area (Å²) < 4.78 is 41.9. The molecule has 0 aliphatic carbocycles. The highest BCUT2D eigenvalue weighted by Gasteiger charge is 2.28. The van der Waals surface area contributed by atoms with Crippen LogP contribution in [0.3, 0.4) is 0 Å². The number of hydrogen-bond donors (Lipinski definition) is 2. The summed E-state index contributed by atoms with van der Waals surface area (Å²) in [6.45, 7) is 4.10. The predicted octanol–water partition coefficient (Wildman–Crippen LogP) is 1.85. The average Bonchev–Trinajstić information content (AvgIpc) is 2.42. The number of alkyl halides is 3. The molecule has 0 aliphatic heterocycles. The maximum Gasteiger partial charge on any atom is 0.401 e. The molecular formula is C14H29F3N4O. The first-order valence-electron chi connectivity index (χ1n) is 7.66. The van der Waals surface area contributed by atoms with Gasteiger partial charge in [0, 0.05) is 39.9 Å². The van der Waals surface area contributed by atoms with Crippen LogP contribution in [0.1, 0.15) is 26.2 Å². The lowest BCUT2D eigenvalue weighted by Gasteiger charge is -2.19. The normalized spacial score (nSPS) is 12.8. The van der Waals surface area contributed by atoms with Gasteiger partial charge in [-0.1, -0.05) is 13.3 Å². The van der Waals surface area contributed by atoms with Gasteiger partial charge in [-0.2, -0.15) is 13.2 Å². The minimum Gasteiger partial charge on any atom is -0.381 e. The molecule has 0 saturated heterocycles. The van der Waals surface area contributed by atoms with Gasteiger partial charge in [0.05, 0.1) is 6.54 Å². The molecule has 0 aliphatic rings. The molecular weight excluding hydrogens is 297 g/mol. The molecule has 0 radical (unpaired) electrons. The van der Waals surface area contributed by atoms with E-state index in [1.165, 1.54) is 11.9 Å². The molecule has 0 bridgehead atoms. The molecule has 0 fully saturated rings. The third-order valence-electron chi connectivity index (χ3n) is 2.86. The molecule has 0 aromatic rings. The molecule has 0 atom stereocenters. The van der Waals surface area contributed by atoms with Crippen LogP contribution in [0.4, 0.5) is 13.2 Å². The summed E-state index contributed by atoms with van der Waals surface area (Å²) in [5.74, 6) is 0.592. The summed E-state index contributed by atoms with van der Waals surface area (Å²) in [4.78, 5) is 5.24. The Balaban J connectivity index is 3.63. The van der Waals surface area contributed by atoms with Crippen LogP contribution in [0.15, 0.2) is 4.99 Å². The van der Waals surface area contributed by atoms with Crippen molar-refractivity contribution in [3.8, 4) is 0 Å². The highest BCUT2D eigenvalue weighted by Crippen LogP contribution is 2.14. The van der Waals surface area contributed by atoms with Gasteiger partial charge < -0.3 is 15.4 Å². The number of ether oxygens (including phenoxy) is 1. The molecule has 22 heavy (non-hydrogen) atoms. The maximum atomic E-state index is 12.2. The molecule has 0 amide bonds. The molecule has 0 rings (SSSR count). The highest BCUT2D eigenvalue weighted by atomic mass is 19.4. The Hall–Kier alpha value is -1.02. The van der Waals surface area contributed by atoms with E-state index in [0.717, 1.165) is 25.9 Å². The third-order valence-corrected chi connectivity index (χ3v) is 2.86. The lowest BCUT2D eigenvalue weighted by Crippen LogP contribution is -2.42. The van der Waals surface area contributed by atoms with Gasteiger partial charge in [0.1, 0.15) is 0 Å². The van der Waals surface area contributed by atoms with Crippen LogP contribution < -0.4 is 10.6 Å². The number of nitrogens with zero attached hydrogens (tertiary/aromatic N) is 2. The van der Waals surface area contributed by atoms with E-state index in [-0.39, 0.29) is 0 Å². The third kappa shape index (κ3) is 13.9. The van der Waals surface area contributed by atoms with E-state index < -0.39 is 12.7 Å². The number of rotatable bonds is 11. The second kappa shape index (κ2) is 12.5. The summed E-state index contributed by atoms with van der Waals surface area (Å²) >= 11 is 0. The van der Waals surface area contributed by atoms with Crippen LogP contribution in [0.2, 0.25) is 0 Å². The van der Waals surface area contributed by atoms with Gasteiger partial charge in [-0.3, -0.25) is 9.89 Å². The van der Waals surface area contributed by atoms with Gasteiger partial charge in [-0.05, 0) is 19.9 Å². The van der Waals surface area contributed by atoms with Crippen molar-refractivity contribution in [3.05, 3.63) is 0 Å². The topological polar surface area (TPSA) is 48.9 Å². The van der Waals surface area contributed by atoms with Crippen LogP contribution in [0.5, 0.6) is 0 Å². The second-order valence-corrected chi connectivity index (χ2v) is 5.10. The van der Waals surface area contributed by atoms with E-state index in [0.29, 0.717) is 32.2 Å². The van der Waals surface area contributed by atoms with E-state index in [2.05, 4.69) is 22.5 Å². The van der Waals surface area contributed by atoms with Crippen molar-refractivity contribution >= 4 is 5.96 Å². The van der Waals surface area contributed by atoms with Gasteiger partial charge in [0.25, 0.3) is 0 Å². The van der Waals surface area contributed by atoms with Crippen molar-refractivity contribution in [3.63, 3.8) is 0 Å². The molecule has 0 heterocycles. The summed E-state index contributed by atoms with van der Waals surface area (Å²) in [5, 5.41) is 6.09. The number of hydrogen-bond acceptors (Lipinski definition) is 3. The van der Waals surface area contributed by atoms with E-state index in [4.69, 9.17) is 4.74 Å². The van der Waals surface area contributed by atoms with Gasteiger partial charge in [-0.25, -0.2) is 0 Å². The van der Waals surface area contributed by atoms with Gasteiger partial charge in [-0.15, -0.1) is 0 Å². The van der Waals surface area contributed by atoms with Crippen molar-refractivity contribution in [2.75, 3.05) is 53.5 Å². The Morgan fingerprint density at radius 2 is 1.77 bits per heavy atom.